The molecule has 31 heavy (non-hydrogen) atoms. The van der Waals surface area contributed by atoms with Crippen molar-refractivity contribution >= 4 is 40.1 Å². The second-order valence-corrected chi connectivity index (χ2v) is 7.08. The largest absolute Gasteiger partial charge is 0.508 e. The van der Waals surface area contributed by atoms with Gasteiger partial charge >= 0.3 is 0 Å². The summed E-state index contributed by atoms with van der Waals surface area (Å²) in [4.78, 5) is 16.8. The maximum atomic E-state index is 12.2. The lowest BCUT2D eigenvalue weighted by atomic mass is 10.1. The second kappa shape index (κ2) is 9.00. The van der Waals surface area contributed by atoms with E-state index in [-0.39, 0.29) is 11.7 Å². The van der Waals surface area contributed by atoms with Gasteiger partial charge in [-0.2, -0.15) is 0 Å². The van der Waals surface area contributed by atoms with Crippen LogP contribution < -0.4 is 16.4 Å². The fourth-order valence-corrected chi connectivity index (χ4v) is 3.11. The van der Waals surface area contributed by atoms with Gasteiger partial charge in [-0.25, -0.2) is 4.98 Å². The number of aromatic hydroxyl groups is 1. The number of carbonyl (C=O) groups excluding carboxylic acids is 1. The molecule has 3 aromatic carbocycles. The topological polar surface area (TPSA) is 100 Å². The first-order valence-corrected chi connectivity index (χ1v) is 9.83. The molecule has 0 aliphatic heterocycles. The van der Waals surface area contributed by atoms with E-state index in [1.165, 1.54) is 6.08 Å². The van der Waals surface area contributed by atoms with E-state index in [1.54, 1.807) is 30.3 Å². The first-order valence-electron chi connectivity index (χ1n) is 9.83. The summed E-state index contributed by atoms with van der Waals surface area (Å²) in [6.07, 6.45) is 3.24. The first-order chi connectivity index (χ1) is 15.1. The molecule has 0 bridgehead atoms. The molecule has 1 amide bonds. The summed E-state index contributed by atoms with van der Waals surface area (Å²) >= 11 is 0. The van der Waals surface area contributed by atoms with Crippen molar-refractivity contribution in [3.8, 4) is 5.75 Å². The summed E-state index contributed by atoms with van der Waals surface area (Å²) in [7, 11) is 0. The zero-order valence-electron chi connectivity index (χ0n) is 16.7. The SMILES string of the molecule is Nc1ccccc1NC(=O)/C=C/c1ccc2nc(NCc3ccc(O)cc3)ccc2c1. The number of para-hydroxylation sites is 2. The number of pyridine rings is 1. The van der Waals surface area contributed by atoms with Gasteiger partial charge in [0.15, 0.2) is 0 Å². The zero-order valence-corrected chi connectivity index (χ0v) is 16.7. The van der Waals surface area contributed by atoms with Gasteiger partial charge in [0.2, 0.25) is 5.91 Å². The van der Waals surface area contributed by atoms with Crippen molar-refractivity contribution in [1.29, 1.82) is 0 Å². The molecule has 0 saturated carbocycles. The summed E-state index contributed by atoms with van der Waals surface area (Å²) < 4.78 is 0. The van der Waals surface area contributed by atoms with Crippen LogP contribution in [0.3, 0.4) is 0 Å². The van der Waals surface area contributed by atoms with Gasteiger partial charge in [-0.1, -0.05) is 30.3 Å². The lowest BCUT2D eigenvalue weighted by molar-refractivity contribution is -0.111. The fraction of sp³-hybridized carbons (Fsp3) is 0.0400. The molecule has 0 aliphatic rings. The lowest BCUT2D eigenvalue weighted by Gasteiger charge is -2.08. The Labute approximate surface area is 180 Å². The molecule has 6 heteroatoms. The summed E-state index contributed by atoms with van der Waals surface area (Å²) in [6.45, 7) is 0.612. The van der Waals surface area contributed by atoms with Crippen LogP contribution in [0, 0.1) is 0 Å². The van der Waals surface area contributed by atoms with Gasteiger partial charge in [-0.05, 0) is 65.7 Å². The predicted molar refractivity (Wildman–Crippen MR) is 126 cm³/mol. The summed E-state index contributed by atoms with van der Waals surface area (Å²) in [5, 5.41) is 16.4. The average molecular weight is 410 g/mol. The molecule has 0 atom stereocenters. The van der Waals surface area contributed by atoms with Crippen molar-refractivity contribution in [3.05, 3.63) is 96.1 Å². The highest BCUT2D eigenvalue weighted by Crippen LogP contribution is 2.20. The normalized spacial score (nSPS) is 11.0. The number of phenols is 1. The number of hydrogen-bond acceptors (Lipinski definition) is 5. The van der Waals surface area contributed by atoms with Crippen LogP contribution in [0.25, 0.3) is 17.0 Å². The van der Waals surface area contributed by atoms with Crippen molar-refractivity contribution in [2.75, 3.05) is 16.4 Å². The molecule has 1 heterocycles. The molecule has 1 aromatic heterocycles. The van der Waals surface area contributed by atoms with Crippen LogP contribution in [0.1, 0.15) is 11.1 Å². The predicted octanol–water partition coefficient (Wildman–Crippen LogP) is 4.79. The third kappa shape index (κ3) is 5.19. The number of phenolic OH excluding ortho intramolecular Hbond substituents is 1. The number of nitrogens with zero attached hydrogens (tertiary/aromatic N) is 1. The lowest BCUT2D eigenvalue weighted by Crippen LogP contribution is -2.09. The Kier molecular flexibility index (Phi) is 5.80. The number of anilines is 3. The van der Waals surface area contributed by atoms with Gasteiger partial charge < -0.3 is 21.5 Å². The van der Waals surface area contributed by atoms with Gasteiger partial charge in [0, 0.05) is 18.0 Å². The average Bonchev–Trinajstić information content (AvgIpc) is 2.78. The Hall–Kier alpha value is -4.32. The smallest absolute Gasteiger partial charge is 0.248 e. The quantitative estimate of drug-likeness (QED) is 0.271. The van der Waals surface area contributed by atoms with Crippen LogP contribution in [0.2, 0.25) is 0 Å². The van der Waals surface area contributed by atoms with Gasteiger partial charge in [0.05, 0.1) is 16.9 Å². The molecule has 0 spiro atoms. The monoisotopic (exact) mass is 410 g/mol. The molecule has 0 saturated heterocycles. The standard InChI is InChI=1S/C25H22N4O2/c26-21-3-1-2-4-23(21)29-25(31)14-8-17-7-12-22-19(15-17)9-13-24(28-22)27-16-18-5-10-20(30)11-6-18/h1-15,30H,16,26H2,(H,27,28)(H,29,31)/b14-8+. The molecule has 4 rings (SSSR count). The number of fused-ring (bicyclic) bond motifs is 1. The van der Waals surface area contributed by atoms with Gasteiger partial charge in [-0.15, -0.1) is 0 Å². The van der Waals surface area contributed by atoms with Crippen molar-refractivity contribution in [3.63, 3.8) is 0 Å². The number of carbonyl (C=O) groups is 1. The molecule has 0 fully saturated rings. The minimum Gasteiger partial charge on any atom is -0.508 e. The minimum absolute atomic E-state index is 0.245. The summed E-state index contributed by atoms with van der Waals surface area (Å²) in [6, 6.07) is 23.9. The van der Waals surface area contributed by atoms with Crippen molar-refractivity contribution < 1.29 is 9.90 Å². The highest BCUT2D eigenvalue weighted by atomic mass is 16.3. The van der Waals surface area contributed by atoms with Crippen LogP contribution in [0.4, 0.5) is 17.2 Å². The van der Waals surface area contributed by atoms with E-state index in [2.05, 4.69) is 15.6 Å². The van der Waals surface area contributed by atoms with Crippen molar-refractivity contribution in [1.82, 2.24) is 4.98 Å². The molecule has 6 nitrogen and oxygen atoms in total. The van der Waals surface area contributed by atoms with E-state index in [1.807, 2.05) is 54.6 Å². The number of hydrogen-bond donors (Lipinski definition) is 4. The van der Waals surface area contributed by atoms with E-state index < -0.39 is 0 Å². The van der Waals surface area contributed by atoms with Crippen LogP contribution in [-0.2, 0) is 11.3 Å². The van der Waals surface area contributed by atoms with Crippen molar-refractivity contribution in [2.45, 2.75) is 6.54 Å². The maximum Gasteiger partial charge on any atom is 0.248 e. The Morgan fingerprint density at radius 1 is 1.00 bits per heavy atom. The maximum absolute atomic E-state index is 12.2. The Morgan fingerprint density at radius 3 is 2.61 bits per heavy atom. The first kappa shape index (κ1) is 20.0. The highest BCUT2D eigenvalue weighted by Gasteiger charge is 2.03. The zero-order chi connectivity index (χ0) is 21.6. The van der Waals surface area contributed by atoms with E-state index >= 15 is 0 Å². The summed E-state index contributed by atoms with van der Waals surface area (Å²) in [5.41, 5.74) is 9.77. The fourth-order valence-electron chi connectivity index (χ4n) is 3.11. The number of nitrogens with two attached hydrogens (primary N) is 1. The number of rotatable bonds is 6. The van der Waals surface area contributed by atoms with E-state index in [0.29, 0.717) is 17.9 Å². The minimum atomic E-state index is -0.245. The number of aromatic nitrogens is 1. The van der Waals surface area contributed by atoms with Gasteiger partial charge in [0.1, 0.15) is 11.6 Å². The van der Waals surface area contributed by atoms with E-state index in [9.17, 15) is 9.90 Å². The molecule has 0 radical (unpaired) electrons. The molecule has 5 N–H and O–H groups in total. The molecule has 0 aliphatic carbocycles. The Morgan fingerprint density at radius 2 is 1.81 bits per heavy atom. The van der Waals surface area contributed by atoms with Crippen LogP contribution in [0.5, 0.6) is 5.75 Å². The van der Waals surface area contributed by atoms with Crippen LogP contribution in [0.15, 0.2) is 84.9 Å². The summed E-state index contributed by atoms with van der Waals surface area (Å²) in [5.74, 6) is 0.771. The molecular formula is C25H22N4O2. The van der Waals surface area contributed by atoms with Crippen LogP contribution in [-0.4, -0.2) is 16.0 Å². The number of amides is 1. The number of nitrogen functional groups attached to an aromatic ring is 1. The second-order valence-electron chi connectivity index (χ2n) is 7.08. The third-order valence-electron chi connectivity index (χ3n) is 4.77. The molecule has 154 valence electrons. The molecule has 4 aromatic rings. The molecular weight excluding hydrogens is 388 g/mol. The van der Waals surface area contributed by atoms with Gasteiger partial charge in [0.25, 0.3) is 0 Å². The van der Waals surface area contributed by atoms with Gasteiger partial charge in [-0.3, -0.25) is 4.79 Å². The molecule has 0 unspecified atom stereocenters. The third-order valence-corrected chi connectivity index (χ3v) is 4.77. The number of benzene rings is 3. The van der Waals surface area contributed by atoms with Crippen molar-refractivity contribution in [2.24, 2.45) is 0 Å². The Balaban J connectivity index is 1.41. The van der Waals surface area contributed by atoms with E-state index in [4.69, 9.17) is 5.73 Å². The highest BCUT2D eigenvalue weighted by molar-refractivity contribution is 6.03. The van der Waals surface area contributed by atoms with Crippen LogP contribution >= 0.6 is 0 Å². The Bertz CT molecular complexity index is 1250. The number of nitrogens with one attached hydrogen (secondary N) is 2. The van der Waals surface area contributed by atoms with E-state index in [0.717, 1.165) is 27.8 Å².